The molecule has 0 aliphatic rings. The molecule has 1 N–H and O–H groups in total. The fraction of sp³-hybridized carbons (Fsp3) is 0.412. The number of aryl methyl sites for hydroxylation is 2. The summed E-state index contributed by atoms with van der Waals surface area (Å²) in [4.78, 5) is 43.2. The van der Waals surface area contributed by atoms with Gasteiger partial charge in [0.15, 0.2) is 0 Å². The molecule has 2 heterocycles. The largest absolute Gasteiger partial charge is 0.343 e. The predicted molar refractivity (Wildman–Crippen MR) is 90.8 cm³/mol. The van der Waals surface area contributed by atoms with Crippen LogP contribution in [0.5, 0.6) is 0 Å². The Hall–Kier alpha value is -2.70. The van der Waals surface area contributed by atoms with Gasteiger partial charge in [-0.25, -0.2) is 4.79 Å². The Bertz CT molecular complexity index is 825. The molecule has 0 aliphatic heterocycles. The Kier molecular flexibility index (Phi) is 5.68. The number of amides is 1. The van der Waals surface area contributed by atoms with Gasteiger partial charge in [0.1, 0.15) is 0 Å². The third-order valence-corrected chi connectivity index (χ3v) is 4.12. The van der Waals surface area contributed by atoms with E-state index in [0.29, 0.717) is 6.42 Å². The Morgan fingerprint density at radius 2 is 2.12 bits per heavy atom. The molecule has 128 valence electrons. The van der Waals surface area contributed by atoms with Crippen LogP contribution in [0.2, 0.25) is 0 Å². The van der Waals surface area contributed by atoms with Crippen LogP contribution in [0.3, 0.4) is 0 Å². The lowest BCUT2D eigenvalue weighted by Crippen LogP contribution is -2.38. The van der Waals surface area contributed by atoms with Crippen molar-refractivity contribution in [1.82, 2.24) is 19.4 Å². The average Bonchev–Trinajstić information content (AvgIpc) is 2.55. The van der Waals surface area contributed by atoms with Crippen molar-refractivity contribution in [3.63, 3.8) is 0 Å². The summed E-state index contributed by atoms with van der Waals surface area (Å²) < 4.78 is 1.32. The molecule has 0 radical (unpaired) electrons. The second-order valence-electron chi connectivity index (χ2n) is 5.88. The second kappa shape index (κ2) is 7.72. The molecule has 0 aliphatic carbocycles. The number of pyridine rings is 1. The minimum Gasteiger partial charge on any atom is -0.343 e. The molecular weight excluding hydrogens is 308 g/mol. The van der Waals surface area contributed by atoms with Crippen molar-refractivity contribution in [3.8, 4) is 0 Å². The van der Waals surface area contributed by atoms with Crippen LogP contribution in [0.15, 0.2) is 40.2 Å². The Morgan fingerprint density at radius 3 is 2.79 bits per heavy atom. The van der Waals surface area contributed by atoms with E-state index in [0.717, 1.165) is 11.3 Å². The summed E-state index contributed by atoms with van der Waals surface area (Å²) >= 11 is 0. The number of nitrogens with zero attached hydrogens (tertiary/aromatic N) is 3. The topological polar surface area (TPSA) is 88.1 Å². The first kappa shape index (κ1) is 17.7. The predicted octanol–water partition coefficient (Wildman–Crippen LogP) is 0.720. The van der Waals surface area contributed by atoms with Gasteiger partial charge in [0.2, 0.25) is 5.91 Å². The maximum atomic E-state index is 12.3. The summed E-state index contributed by atoms with van der Waals surface area (Å²) in [5.41, 5.74) is 1.13. The molecule has 0 bridgehead atoms. The van der Waals surface area contributed by atoms with Crippen molar-refractivity contribution in [2.75, 3.05) is 7.05 Å². The van der Waals surface area contributed by atoms with E-state index in [4.69, 9.17) is 0 Å². The summed E-state index contributed by atoms with van der Waals surface area (Å²) in [6, 6.07) is 5.15. The molecule has 2 rings (SSSR count). The van der Waals surface area contributed by atoms with Crippen LogP contribution in [0, 0.1) is 6.92 Å². The van der Waals surface area contributed by atoms with E-state index < -0.39 is 11.2 Å². The molecule has 0 saturated heterocycles. The minimum atomic E-state index is -0.505. The Labute approximate surface area is 140 Å². The highest BCUT2D eigenvalue weighted by Crippen LogP contribution is 2.10. The van der Waals surface area contributed by atoms with Crippen LogP contribution < -0.4 is 11.2 Å². The minimum absolute atomic E-state index is 0.00148. The number of rotatable bonds is 6. The zero-order chi connectivity index (χ0) is 17.7. The number of aromatic amines is 1. The summed E-state index contributed by atoms with van der Waals surface area (Å²) in [7, 11) is 1.75. The van der Waals surface area contributed by atoms with E-state index in [-0.39, 0.29) is 24.9 Å². The number of H-pyrrole nitrogens is 1. The van der Waals surface area contributed by atoms with Crippen molar-refractivity contribution < 1.29 is 4.79 Å². The van der Waals surface area contributed by atoms with Crippen molar-refractivity contribution in [2.45, 2.75) is 39.3 Å². The number of carbonyl (C=O) groups excluding carboxylic acids is 1. The average molecular weight is 330 g/mol. The van der Waals surface area contributed by atoms with Crippen molar-refractivity contribution in [3.05, 3.63) is 62.7 Å². The highest BCUT2D eigenvalue weighted by Gasteiger charge is 2.17. The quantitative estimate of drug-likeness (QED) is 0.845. The van der Waals surface area contributed by atoms with Gasteiger partial charge in [-0.05, 0) is 25.5 Å². The monoisotopic (exact) mass is 330 g/mol. The fourth-order valence-corrected chi connectivity index (χ4v) is 2.41. The standard InChI is InChI=1S/C17H22N4O3/c1-12-5-4-8-18-14(12)11-13(2)20(3)16(23)7-10-21-9-6-15(22)19-17(21)24/h4-6,8-9,13H,7,10-11H2,1-3H3,(H,19,22,24). The van der Waals surface area contributed by atoms with Gasteiger partial charge in [-0.15, -0.1) is 0 Å². The normalized spacial score (nSPS) is 12.0. The van der Waals surface area contributed by atoms with Gasteiger partial charge in [-0.2, -0.15) is 0 Å². The zero-order valence-electron chi connectivity index (χ0n) is 14.2. The Morgan fingerprint density at radius 1 is 1.38 bits per heavy atom. The SMILES string of the molecule is Cc1cccnc1CC(C)N(C)C(=O)CCn1ccc(=O)[nH]c1=O. The lowest BCUT2D eigenvalue weighted by molar-refractivity contribution is -0.131. The molecule has 1 unspecified atom stereocenters. The molecular formula is C17H22N4O3. The molecule has 0 spiro atoms. The van der Waals surface area contributed by atoms with Crippen LogP contribution >= 0.6 is 0 Å². The van der Waals surface area contributed by atoms with E-state index >= 15 is 0 Å². The first-order chi connectivity index (χ1) is 11.4. The maximum absolute atomic E-state index is 12.3. The molecule has 0 saturated carbocycles. The first-order valence-electron chi connectivity index (χ1n) is 7.84. The molecule has 1 atom stereocenters. The highest BCUT2D eigenvalue weighted by atomic mass is 16.2. The van der Waals surface area contributed by atoms with Gasteiger partial charge in [-0.3, -0.25) is 19.6 Å². The van der Waals surface area contributed by atoms with Crippen LogP contribution in [-0.2, 0) is 17.8 Å². The summed E-state index contributed by atoms with van der Waals surface area (Å²) in [6.07, 6.45) is 4.01. The number of aromatic nitrogens is 3. The van der Waals surface area contributed by atoms with Gasteiger partial charge < -0.3 is 9.47 Å². The third kappa shape index (κ3) is 4.41. The summed E-state index contributed by atoms with van der Waals surface area (Å²) in [5, 5.41) is 0. The van der Waals surface area contributed by atoms with Crippen LogP contribution in [0.4, 0.5) is 0 Å². The molecule has 24 heavy (non-hydrogen) atoms. The van der Waals surface area contributed by atoms with Gasteiger partial charge in [0.05, 0.1) is 0 Å². The van der Waals surface area contributed by atoms with Gasteiger partial charge in [0, 0.05) is 56.6 Å². The van der Waals surface area contributed by atoms with Gasteiger partial charge in [-0.1, -0.05) is 6.07 Å². The fourth-order valence-electron chi connectivity index (χ4n) is 2.41. The van der Waals surface area contributed by atoms with E-state index in [1.807, 2.05) is 26.0 Å². The number of hydrogen-bond donors (Lipinski definition) is 1. The van der Waals surface area contributed by atoms with E-state index in [2.05, 4.69) is 9.97 Å². The van der Waals surface area contributed by atoms with Crippen LogP contribution in [-0.4, -0.2) is 38.4 Å². The van der Waals surface area contributed by atoms with Crippen LogP contribution in [0.25, 0.3) is 0 Å². The van der Waals surface area contributed by atoms with Gasteiger partial charge >= 0.3 is 5.69 Å². The zero-order valence-corrected chi connectivity index (χ0v) is 14.2. The van der Waals surface area contributed by atoms with Crippen LogP contribution in [0.1, 0.15) is 24.6 Å². The summed E-state index contributed by atoms with van der Waals surface area (Å²) in [6.45, 7) is 4.20. The van der Waals surface area contributed by atoms with E-state index in [1.165, 1.54) is 16.8 Å². The van der Waals surface area contributed by atoms with E-state index in [9.17, 15) is 14.4 Å². The van der Waals surface area contributed by atoms with Crippen molar-refractivity contribution in [1.29, 1.82) is 0 Å². The highest BCUT2D eigenvalue weighted by molar-refractivity contribution is 5.76. The maximum Gasteiger partial charge on any atom is 0.328 e. The number of hydrogen-bond acceptors (Lipinski definition) is 4. The lowest BCUT2D eigenvalue weighted by atomic mass is 10.1. The van der Waals surface area contributed by atoms with Gasteiger partial charge in [0.25, 0.3) is 5.56 Å². The number of carbonyl (C=O) groups is 1. The number of likely N-dealkylation sites (N-methyl/N-ethyl adjacent to an activating group) is 1. The molecule has 7 nitrogen and oxygen atoms in total. The van der Waals surface area contributed by atoms with Crippen molar-refractivity contribution in [2.24, 2.45) is 0 Å². The third-order valence-electron chi connectivity index (χ3n) is 4.12. The smallest absolute Gasteiger partial charge is 0.328 e. The lowest BCUT2D eigenvalue weighted by Gasteiger charge is -2.25. The molecule has 2 aromatic heterocycles. The van der Waals surface area contributed by atoms with Crippen molar-refractivity contribution >= 4 is 5.91 Å². The van der Waals surface area contributed by atoms with E-state index in [1.54, 1.807) is 18.1 Å². The summed E-state index contributed by atoms with van der Waals surface area (Å²) in [5.74, 6) is -0.0609. The molecule has 1 amide bonds. The molecule has 2 aromatic rings. The second-order valence-corrected chi connectivity index (χ2v) is 5.88. The number of nitrogens with one attached hydrogen (secondary N) is 1. The molecule has 0 aromatic carbocycles. The molecule has 0 fully saturated rings. The molecule has 7 heteroatoms. The Balaban J connectivity index is 1.95. The first-order valence-corrected chi connectivity index (χ1v) is 7.84.